The number of hydrogen-bond acceptors (Lipinski definition) is 3. The van der Waals surface area contributed by atoms with Crippen LogP contribution < -0.4 is 10.1 Å². The third-order valence-electron chi connectivity index (χ3n) is 4.48. The van der Waals surface area contributed by atoms with Gasteiger partial charge in [-0.2, -0.15) is 0 Å². The molecule has 0 amide bonds. The van der Waals surface area contributed by atoms with Gasteiger partial charge in [0.05, 0.1) is 0 Å². The third kappa shape index (κ3) is 4.64. The first-order valence-electron chi connectivity index (χ1n) is 8.74. The minimum absolute atomic E-state index is 0.0592. The first-order valence-corrected chi connectivity index (χ1v) is 8.74. The highest BCUT2D eigenvalue weighted by Crippen LogP contribution is 2.36. The maximum Gasteiger partial charge on any atom is 0.123 e. The fourth-order valence-electron chi connectivity index (χ4n) is 3.22. The van der Waals surface area contributed by atoms with Gasteiger partial charge in [-0.3, -0.25) is 0 Å². The molecule has 0 fully saturated rings. The molecule has 1 aromatic carbocycles. The number of hydrogen-bond donors (Lipinski definition) is 1. The van der Waals surface area contributed by atoms with E-state index in [0.29, 0.717) is 6.04 Å². The van der Waals surface area contributed by atoms with Crippen LogP contribution in [0.15, 0.2) is 18.2 Å². The van der Waals surface area contributed by atoms with Crippen LogP contribution >= 0.6 is 0 Å². The number of anilines is 1. The summed E-state index contributed by atoms with van der Waals surface area (Å²) >= 11 is 0. The van der Waals surface area contributed by atoms with E-state index in [9.17, 15) is 0 Å². The molecule has 3 nitrogen and oxygen atoms in total. The van der Waals surface area contributed by atoms with Crippen molar-refractivity contribution in [2.45, 2.75) is 65.5 Å². The lowest BCUT2D eigenvalue weighted by Crippen LogP contribution is -2.25. The molecular formula is C19H32N2O. The quantitative estimate of drug-likeness (QED) is 0.774. The van der Waals surface area contributed by atoms with E-state index in [1.54, 1.807) is 0 Å². The molecule has 0 bridgehead atoms. The van der Waals surface area contributed by atoms with Gasteiger partial charge in [-0.1, -0.05) is 13.8 Å². The van der Waals surface area contributed by atoms with Gasteiger partial charge in [0.25, 0.3) is 0 Å². The predicted octanol–water partition coefficient (Wildman–Crippen LogP) is 4.32. The van der Waals surface area contributed by atoms with Crippen LogP contribution in [0.2, 0.25) is 0 Å². The lowest BCUT2D eigenvalue weighted by molar-refractivity contribution is 0.138. The molecule has 0 saturated heterocycles. The van der Waals surface area contributed by atoms with Crippen LogP contribution in [-0.2, 0) is 6.42 Å². The molecule has 1 aliphatic rings. The molecule has 0 spiro atoms. The van der Waals surface area contributed by atoms with Crippen molar-refractivity contribution < 1.29 is 4.74 Å². The smallest absolute Gasteiger partial charge is 0.123 e. The Morgan fingerprint density at radius 3 is 2.68 bits per heavy atom. The van der Waals surface area contributed by atoms with Crippen molar-refractivity contribution in [2.75, 3.05) is 25.0 Å². The van der Waals surface area contributed by atoms with E-state index in [2.05, 4.69) is 63.0 Å². The second-order valence-corrected chi connectivity index (χ2v) is 7.08. The van der Waals surface area contributed by atoms with Crippen LogP contribution in [0.3, 0.4) is 0 Å². The molecule has 2 rings (SSSR count). The summed E-state index contributed by atoms with van der Waals surface area (Å²) in [4.78, 5) is 2.49. The second kappa shape index (κ2) is 7.36. The zero-order chi connectivity index (χ0) is 16.2. The lowest BCUT2D eigenvalue weighted by Gasteiger charge is -2.20. The lowest BCUT2D eigenvalue weighted by atomic mass is 10.0. The maximum absolute atomic E-state index is 5.94. The average molecular weight is 304 g/mol. The van der Waals surface area contributed by atoms with Gasteiger partial charge in [0.2, 0.25) is 0 Å². The molecule has 1 atom stereocenters. The predicted molar refractivity (Wildman–Crippen MR) is 95.0 cm³/mol. The van der Waals surface area contributed by atoms with Crippen molar-refractivity contribution in [3.63, 3.8) is 0 Å². The topological polar surface area (TPSA) is 24.5 Å². The average Bonchev–Trinajstić information content (AvgIpc) is 2.76. The van der Waals surface area contributed by atoms with E-state index >= 15 is 0 Å². The van der Waals surface area contributed by atoms with Crippen LogP contribution in [0.25, 0.3) is 0 Å². The Hall–Kier alpha value is -1.22. The summed E-state index contributed by atoms with van der Waals surface area (Å²) in [5, 5.41) is 3.63. The molecule has 124 valence electrons. The van der Waals surface area contributed by atoms with Crippen molar-refractivity contribution in [1.82, 2.24) is 4.90 Å². The highest BCUT2D eigenvalue weighted by Gasteiger charge is 2.29. The molecule has 1 aromatic rings. The van der Waals surface area contributed by atoms with E-state index < -0.39 is 0 Å². The van der Waals surface area contributed by atoms with Crippen molar-refractivity contribution in [2.24, 2.45) is 0 Å². The van der Waals surface area contributed by atoms with Gasteiger partial charge in [-0.15, -0.1) is 0 Å². The summed E-state index contributed by atoms with van der Waals surface area (Å²) in [5.74, 6) is 1.05. The maximum atomic E-state index is 5.94. The Morgan fingerprint density at radius 1 is 1.27 bits per heavy atom. The summed E-state index contributed by atoms with van der Waals surface area (Å²) in [6.45, 7) is 14.5. The molecule has 22 heavy (non-hydrogen) atoms. The van der Waals surface area contributed by atoms with Crippen molar-refractivity contribution >= 4 is 5.69 Å². The molecule has 0 aliphatic carbocycles. The van der Waals surface area contributed by atoms with Gasteiger partial charge >= 0.3 is 0 Å². The standard InChI is InChI=1S/C19H32N2O/c1-6-21(7-2)12-8-9-15(3)20-17-10-11-18-16(13-17)14-19(4,5)22-18/h10-11,13,15,20H,6-9,12,14H2,1-5H3/t15-/m0/s1. The Balaban J connectivity index is 1.82. The highest BCUT2D eigenvalue weighted by molar-refractivity contribution is 5.53. The molecular weight excluding hydrogens is 272 g/mol. The zero-order valence-electron chi connectivity index (χ0n) is 14.9. The van der Waals surface area contributed by atoms with Crippen LogP contribution in [0.4, 0.5) is 5.69 Å². The number of nitrogens with one attached hydrogen (secondary N) is 1. The van der Waals surface area contributed by atoms with Gasteiger partial charge < -0.3 is 15.0 Å². The summed E-state index contributed by atoms with van der Waals surface area (Å²) < 4.78 is 5.94. The van der Waals surface area contributed by atoms with Crippen LogP contribution in [0.1, 0.15) is 53.0 Å². The molecule has 3 heteroatoms. The van der Waals surface area contributed by atoms with Gasteiger partial charge in [0.1, 0.15) is 11.4 Å². The summed E-state index contributed by atoms with van der Waals surface area (Å²) in [5.41, 5.74) is 2.48. The minimum atomic E-state index is -0.0592. The Kier molecular flexibility index (Phi) is 5.74. The molecule has 1 aliphatic heterocycles. The van der Waals surface area contributed by atoms with Gasteiger partial charge in [0, 0.05) is 23.7 Å². The van der Waals surface area contributed by atoms with E-state index in [1.807, 2.05) is 0 Å². The number of fused-ring (bicyclic) bond motifs is 1. The molecule has 1 N–H and O–H groups in total. The highest BCUT2D eigenvalue weighted by atomic mass is 16.5. The monoisotopic (exact) mass is 304 g/mol. The van der Waals surface area contributed by atoms with Crippen molar-refractivity contribution in [1.29, 1.82) is 0 Å². The van der Waals surface area contributed by atoms with Crippen LogP contribution in [0, 0.1) is 0 Å². The number of nitrogens with zero attached hydrogens (tertiary/aromatic N) is 1. The first-order chi connectivity index (χ1) is 10.4. The molecule has 1 heterocycles. The summed E-state index contributed by atoms with van der Waals surface area (Å²) in [6, 6.07) is 7.00. The van der Waals surface area contributed by atoms with E-state index in [4.69, 9.17) is 4.74 Å². The van der Waals surface area contributed by atoms with Gasteiger partial charge in [-0.05, 0) is 71.4 Å². The SMILES string of the molecule is CCN(CC)CCC[C@H](C)Nc1ccc2c(c1)CC(C)(C)O2. The van der Waals surface area contributed by atoms with E-state index in [0.717, 1.165) is 25.3 Å². The number of benzene rings is 1. The zero-order valence-corrected chi connectivity index (χ0v) is 14.9. The van der Waals surface area contributed by atoms with E-state index in [1.165, 1.54) is 30.6 Å². The summed E-state index contributed by atoms with van der Waals surface area (Å²) in [6.07, 6.45) is 3.45. The minimum Gasteiger partial charge on any atom is -0.487 e. The molecule has 0 saturated carbocycles. The fourth-order valence-corrected chi connectivity index (χ4v) is 3.22. The van der Waals surface area contributed by atoms with Crippen molar-refractivity contribution in [3.05, 3.63) is 23.8 Å². The molecule has 0 aromatic heterocycles. The Morgan fingerprint density at radius 2 is 2.00 bits per heavy atom. The fraction of sp³-hybridized carbons (Fsp3) is 0.684. The van der Waals surface area contributed by atoms with E-state index in [-0.39, 0.29) is 5.60 Å². The molecule has 0 unspecified atom stereocenters. The normalized spacial score (nSPS) is 17.2. The van der Waals surface area contributed by atoms with Crippen LogP contribution in [-0.4, -0.2) is 36.2 Å². The second-order valence-electron chi connectivity index (χ2n) is 7.08. The first kappa shape index (κ1) is 17.1. The number of rotatable bonds is 8. The van der Waals surface area contributed by atoms with Crippen molar-refractivity contribution in [3.8, 4) is 5.75 Å². The Labute approximate surface area is 136 Å². The summed E-state index contributed by atoms with van der Waals surface area (Å²) in [7, 11) is 0. The van der Waals surface area contributed by atoms with Crippen LogP contribution in [0.5, 0.6) is 5.75 Å². The third-order valence-corrected chi connectivity index (χ3v) is 4.48. The molecule has 0 radical (unpaired) electrons. The number of ether oxygens (including phenoxy) is 1. The largest absolute Gasteiger partial charge is 0.487 e. The van der Waals surface area contributed by atoms with Gasteiger partial charge in [-0.25, -0.2) is 0 Å². The van der Waals surface area contributed by atoms with Gasteiger partial charge in [0.15, 0.2) is 0 Å². The Bertz CT molecular complexity index is 480.